The van der Waals surface area contributed by atoms with Crippen molar-refractivity contribution in [2.24, 2.45) is 16.2 Å². The highest BCUT2D eigenvalue weighted by atomic mass is 16.5. The van der Waals surface area contributed by atoms with Gasteiger partial charge in [0.15, 0.2) is 0 Å². The van der Waals surface area contributed by atoms with E-state index < -0.39 is 5.41 Å². The van der Waals surface area contributed by atoms with Crippen LogP contribution in [0, 0.1) is 16.2 Å². The zero-order chi connectivity index (χ0) is 16.9. The Labute approximate surface area is 137 Å². The summed E-state index contributed by atoms with van der Waals surface area (Å²) < 4.78 is 5.42. The van der Waals surface area contributed by atoms with Crippen molar-refractivity contribution in [3.63, 3.8) is 0 Å². The summed E-state index contributed by atoms with van der Waals surface area (Å²) in [5, 5.41) is 3.02. The molecular weight excluding hydrogens is 290 g/mol. The maximum absolute atomic E-state index is 13.0. The summed E-state index contributed by atoms with van der Waals surface area (Å²) in [5.41, 5.74) is -0.524. The molecule has 2 bridgehead atoms. The highest BCUT2D eigenvalue weighted by Gasteiger charge is 2.72. The molecule has 2 saturated carbocycles. The molecule has 1 aromatic carbocycles. The second-order valence-electron chi connectivity index (χ2n) is 7.55. The predicted molar refractivity (Wildman–Crippen MR) is 89.4 cm³/mol. The number of carbonyl (C=O) groups excluding carboxylic acids is 2. The lowest BCUT2D eigenvalue weighted by Gasteiger charge is -2.38. The first-order valence-electron chi connectivity index (χ1n) is 8.34. The minimum absolute atomic E-state index is 0.0266. The van der Waals surface area contributed by atoms with Gasteiger partial charge in [-0.1, -0.05) is 20.8 Å². The monoisotopic (exact) mass is 315 g/mol. The molecule has 0 radical (unpaired) electrons. The van der Waals surface area contributed by atoms with Gasteiger partial charge in [-0.25, -0.2) is 0 Å². The van der Waals surface area contributed by atoms with Crippen LogP contribution in [0.25, 0.3) is 0 Å². The van der Waals surface area contributed by atoms with Crippen molar-refractivity contribution in [3.05, 3.63) is 24.3 Å². The molecule has 4 nitrogen and oxygen atoms in total. The number of Topliss-reactive ketones (excluding diaryl/α,β-unsaturated/α-hetero) is 1. The Hall–Kier alpha value is -1.84. The van der Waals surface area contributed by atoms with Crippen molar-refractivity contribution >= 4 is 17.4 Å². The van der Waals surface area contributed by atoms with Gasteiger partial charge in [0.25, 0.3) is 0 Å². The molecule has 0 heterocycles. The first-order chi connectivity index (χ1) is 10.8. The average molecular weight is 315 g/mol. The van der Waals surface area contributed by atoms with Gasteiger partial charge < -0.3 is 10.1 Å². The van der Waals surface area contributed by atoms with Gasteiger partial charge in [-0.15, -0.1) is 0 Å². The topological polar surface area (TPSA) is 55.4 Å². The van der Waals surface area contributed by atoms with E-state index in [1.165, 1.54) is 0 Å². The number of hydrogen-bond donors (Lipinski definition) is 1. The van der Waals surface area contributed by atoms with Crippen LogP contribution < -0.4 is 10.1 Å². The maximum atomic E-state index is 13.0. The third-order valence-electron chi connectivity index (χ3n) is 6.56. The number of amides is 1. The van der Waals surface area contributed by atoms with Gasteiger partial charge in [-0.2, -0.15) is 0 Å². The molecule has 1 amide bonds. The quantitative estimate of drug-likeness (QED) is 0.919. The number of anilines is 1. The fourth-order valence-corrected chi connectivity index (χ4v) is 4.41. The SMILES string of the molecule is CCOc1ccc(NC(=O)C23CCC(C)(C(=O)C2)C3(C)C)cc1. The zero-order valence-corrected chi connectivity index (χ0v) is 14.4. The number of carbonyl (C=O) groups is 2. The van der Waals surface area contributed by atoms with Crippen LogP contribution in [0.5, 0.6) is 5.75 Å². The number of nitrogens with one attached hydrogen (secondary N) is 1. The molecule has 2 fully saturated rings. The minimum Gasteiger partial charge on any atom is -0.494 e. The summed E-state index contributed by atoms with van der Waals surface area (Å²) in [7, 11) is 0. The second kappa shape index (κ2) is 5.08. The lowest BCUT2D eigenvalue weighted by Crippen LogP contribution is -2.43. The smallest absolute Gasteiger partial charge is 0.231 e. The van der Waals surface area contributed by atoms with E-state index in [4.69, 9.17) is 4.74 Å². The molecule has 0 aromatic heterocycles. The van der Waals surface area contributed by atoms with E-state index >= 15 is 0 Å². The summed E-state index contributed by atoms with van der Waals surface area (Å²) in [6.45, 7) is 8.72. The first kappa shape index (κ1) is 16.0. The highest BCUT2D eigenvalue weighted by Crippen LogP contribution is 2.70. The van der Waals surface area contributed by atoms with Crippen LogP contribution in [0.3, 0.4) is 0 Å². The molecule has 2 unspecified atom stereocenters. The fourth-order valence-electron chi connectivity index (χ4n) is 4.41. The number of hydrogen-bond acceptors (Lipinski definition) is 3. The molecule has 0 aliphatic heterocycles. The number of benzene rings is 1. The number of ether oxygens (including phenoxy) is 1. The van der Waals surface area contributed by atoms with Gasteiger partial charge >= 0.3 is 0 Å². The van der Waals surface area contributed by atoms with E-state index in [0.29, 0.717) is 13.0 Å². The summed E-state index contributed by atoms with van der Waals surface area (Å²) >= 11 is 0. The molecule has 3 rings (SSSR count). The Morgan fingerprint density at radius 3 is 2.30 bits per heavy atom. The molecule has 23 heavy (non-hydrogen) atoms. The Bertz CT molecular complexity index is 649. The van der Waals surface area contributed by atoms with Gasteiger partial charge in [0.2, 0.25) is 5.91 Å². The molecule has 1 aromatic rings. The predicted octanol–water partition coefficient (Wildman–Crippen LogP) is 3.81. The van der Waals surface area contributed by atoms with Crippen molar-refractivity contribution in [2.75, 3.05) is 11.9 Å². The minimum atomic E-state index is -0.586. The fraction of sp³-hybridized carbons (Fsp3) is 0.579. The average Bonchev–Trinajstić information content (AvgIpc) is 2.80. The third-order valence-corrected chi connectivity index (χ3v) is 6.56. The van der Waals surface area contributed by atoms with Gasteiger partial charge in [-0.05, 0) is 49.4 Å². The summed E-state index contributed by atoms with van der Waals surface area (Å²) in [5.74, 6) is 0.991. The standard InChI is InChI=1S/C19H25NO3/c1-5-23-14-8-6-13(7-9-14)20-16(22)19-11-10-18(4,15(21)12-19)17(19,2)3/h6-9H,5,10-12H2,1-4H3,(H,20,22). The van der Waals surface area contributed by atoms with E-state index in [-0.39, 0.29) is 22.5 Å². The second-order valence-corrected chi connectivity index (χ2v) is 7.55. The summed E-state index contributed by atoms with van der Waals surface area (Å²) in [6, 6.07) is 7.38. The van der Waals surface area contributed by atoms with Crippen molar-refractivity contribution in [1.29, 1.82) is 0 Å². The molecule has 1 N–H and O–H groups in total. The molecular formula is C19H25NO3. The normalized spacial score (nSPS) is 31.2. The zero-order valence-electron chi connectivity index (χ0n) is 14.4. The largest absolute Gasteiger partial charge is 0.494 e. The van der Waals surface area contributed by atoms with Crippen LogP contribution >= 0.6 is 0 Å². The van der Waals surface area contributed by atoms with Crippen molar-refractivity contribution < 1.29 is 14.3 Å². The number of rotatable bonds is 4. The molecule has 2 atom stereocenters. The Morgan fingerprint density at radius 2 is 1.83 bits per heavy atom. The van der Waals surface area contributed by atoms with E-state index in [2.05, 4.69) is 19.2 Å². The summed E-state index contributed by atoms with van der Waals surface area (Å²) in [4.78, 5) is 25.5. The molecule has 0 saturated heterocycles. The van der Waals surface area contributed by atoms with Crippen LogP contribution in [0.1, 0.15) is 47.0 Å². The highest BCUT2D eigenvalue weighted by molar-refractivity contribution is 6.04. The van der Waals surface area contributed by atoms with Gasteiger partial charge in [0.1, 0.15) is 11.5 Å². The molecule has 124 valence electrons. The molecule has 0 spiro atoms. The van der Waals surface area contributed by atoms with E-state index in [9.17, 15) is 9.59 Å². The van der Waals surface area contributed by atoms with Gasteiger partial charge in [-0.3, -0.25) is 9.59 Å². The Morgan fingerprint density at radius 1 is 1.17 bits per heavy atom. The van der Waals surface area contributed by atoms with E-state index in [1.807, 2.05) is 38.1 Å². The summed E-state index contributed by atoms with van der Waals surface area (Å²) in [6.07, 6.45) is 1.94. The number of ketones is 1. The lowest BCUT2D eigenvalue weighted by atomic mass is 9.64. The van der Waals surface area contributed by atoms with Crippen LogP contribution in [0.4, 0.5) is 5.69 Å². The van der Waals surface area contributed by atoms with Crippen molar-refractivity contribution in [3.8, 4) is 5.75 Å². The molecule has 2 aliphatic carbocycles. The Balaban J connectivity index is 1.82. The van der Waals surface area contributed by atoms with Crippen LogP contribution in [0.15, 0.2) is 24.3 Å². The van der Waals surface area contributed by atoms with E-state index in [1.54, 1.807) is 0 Å². The maximum Gasteiger partial charge on any atom is 0.231 e. The molecule has 2 aliphatic rings. The van der Waals surface area contributed by atoms with Crippen molar-refractivity contribution in [2.45, 2.75) is 47.0 Å². The van der Waals surface area contributed by atoms with E-state index in [0.717, 1.165) is 24.3 Å². The number of fused-ring (bicyclic) bond motifs is 2. The third kappa shape index (κ3) is 2.03. The van der Waals surface area contributed by atoms with Crippen LogP contribution in [-0.4, -0.2) is 18.3 Å². The van der Waals surface area contributed by atoms with Gasteiger partial charge in [0.05, 0.1) is 12.0 Å². The molecule has 4 heteroatoms. The Kier molecular flexibility index (Phi) is 3.54. The van der Waals surface area contributed by atoms with Crippen LogP contribution in [-0.2, 0) is 9.59 Å². The van der Waals surface area contributed by atoms with Crippen LogP contribution in [0.2, 0.25) is 0 Å². The first-order valence-corrected chi connectivity index (χ1v) is 8.34. The van der Waals surface area contributed by atoms with Crippen molar-refractivity contribution in [1.82, 2.24) is 0 Å². The lowest BCUT2D eigenvalue weighted by molar-refractivity contribution is -0.131. The van der Waals surface area contributed by atoms with Gasteiger partial charge in [0, 0.05) is 17.5 Å².